The summed E-state index contributed by atoms with van der Waals surface area (Å²) in [5, 5.41) is 4.60. The Hall–Kier alpha value is -3.25. The number of likely N-dealkylation sites (N-methyl/N-ethyl adjacent to an activating group) is 2. The molecule has 0 aliphatic carbocycles. The number of fused-ring (bicyclic) bond motifs is 1. The summed E-state index contributed by atoms with van der Waals surface area (Å²) in [7, 11) is -1.01. The van der Waals surface area contributed by atoms with E-state index in [1.807, 2.05) is 41.5 Å². The molecule has 0 bridgehead atoms. The molecule has 0 atom stereocenters. The van der Waals surface area contributed by atoms with Gasteiger partial charge in [0.15, 0.2) is 11.3 Å². The third-order valence-electron chi connectivity index (χ3n) is 5.77. The summed E-state index contributed by atoms with van der Waals surface area (Å²) in [6, 6.07) is 4.35. The summed E-state index contributed by atoms with van der Waals surface area (Å²) in [5.74, 6) is 0.872. The molecule has 12 heteroatoms. The van der Waals surface area contributed by atoms with E-state index in [0.29, 0.717) is 47.9 Å². The highest BCUT2D eigenvalue weighted by atomic mass is 32.2. The number of rotatable bonds is 11. The second-order valence-corrected chi connectivity index (χ2v) is 10.6. The van der Waals surface area contributed by atoms with E-state index in [9.17, 15) is 18.0 Å². The van der Waals surface area contributed by atoms with E-state index in [-0.39, 0.29) is 28.7 Å². The van der Waals surface area contributed by atoms with Gasteiger partial charge in [0, 0.05) is 27.1 Å². The lowest BCUT2D eigenvalue weighted by molar-refractivity contribution is -0.129. The smallest absolute Gasteiger partial charge is 0.277 e. The van der Waals surface area contributed by atoms with E-state index in [1.54, 1.807) is 20.9 Å². The fourth-order valence-corrected chi connectivity index (χ4v) is 5.06. The molecule has 3 aromatic rings. The summed E-state index contributed by atoms with van der Waals surface area (Å²) in [6.07, 6.45) is 2.22. The molecule has 0 aliphatic rings. The molecule has 1 N–H and O–H groups in total. The monoisotopic (exact) mass is 578 g/mol. The SMILES string of the molecule is CC.CC.CCCc1nc(C)c2c(=O)[nH]c(-c3cc(S(=O)(=O)N(C)CC(=O)N(C)CCC)ccc3OCC)nn12. The number of imidazole rings is 1. The predicted molar refractivity (Wildman–Crippen MR) is 159 cm³/mol. The maximum atomic E-state index is 13.3. The Morgan fingerprint density at radius 2 is 1.73 bits per heavy atom. The fraction of sp³-hybridized carbons (Fsp3) is 0.571. The number of nitrogens with one attached hydrogen (secondary N) is 1. The molecule has 1 aromatic carbocycles. The van der Waals surface area contributed by atoms with Crippen molar-refractivity contribution in [2.45, 2.75) is 79.5 Å². The number of aromatic amines is 1. The topological polar surface area (TPSA) is 130 Å². The molecule has 0 unspecified atom stereocenters. The molecule has 3 rings (SSSR count). The van der Waals surface area contributed by atoms with Crippen LogP contribution in [-0.4, -0.2) is 76.9 Å². The van der Waals surface area contributed by atoms with E-state index in [0.717, 1.165) is 17.1 Å². The van der Waals surface area contributed by atoms with E-state index in [4.69, 9.17) is 4.74 Å². The zero-order valence-corrected chi connectivity index (χ0v) is 26.5. The van der Waals surface area contributed by atoms with Gasteiger partial charge in [-0.1, -0.05) is 41.5 Å². The quantitative estimate of drug-likeness (QED) is 0.359. The van der Waals surface area contributed by atoms with Gasteiger partial charge < -0.3 is 14.6 Å². The molecule has 0 aliphatic heterocycles. The summed E-state index contributed by atoms with van der Waals surface area (Å²) >= 11 is 0. The van der Waals surface area contributed by atoms with Crippen LogP contribution >= 0.6 is 0 Å². The van der Waals surface area contributed by atoms with E-state index >= 15 is 0 Å². The first-order valence-electron chi connectivity index (χ1n) is 14.0. The number of ether oxygens (including phenoxy) is 1. The van der Waals surface area contributed by atoms with Gasteiger partial charge >= 0.3 is 0 Å². The standard InChI is InChI=1S/C24H34N6O5S.2C2H6/c1-7-10-20-25-16(4)22-24(32)26-23(27-30(20)22)18-14-17(11-12-19(18)35-9-3)36(33,34)29(6)15-21(31)28(5)13-8-2;2*1-2/h11-12,14H,7-10,13,15H2,1-6H3,(H,26,27,32);2*1-2H3. The number of sulfonamides is 1. The Kier molecular flexibility index (Phi) is 14.0. The molecular weight excluding hydrogens is 532 g/mol. The number of carbonyl (C=O) groups excluding carboxylic acids is 1. The van der Waals surface area contributed by atoms with E-state index in [2.05, 4.69) is 15.1 Å². The Morgan fingerprint density at radius 3 is 2.30 bits per heavy atom. The zero-order chi connectivity index (χ0) is 30.6. The van der Waals surface area contributed by atoms with Gasteiger partial charge in [0.05, 0.1) is 29.3 Å². The number of amides is 1. The van der Waals surface area contributed by atoms with Crippen LogP contribution in [0.25, 0.3) is 16.9 Å². The van der Waals surface area contributed by atoms with Gasteiger partial charge in [-0.05, 0) is 44.9 Å². The van der Waals surface area contributed by atoms with Gasteiger partial charge in [0.1, 0.15) is 11.6 Å². The molecule has 0 radical (unpaired) electrons. The summed E-state index contributed by atoms with van der Waals surface area (Å²) in [4.78, 5) is 34.1. The van der Waals surface area contributed by atoms with Crippen LogP contribution in [-0.2, 0) is 21.2 Å². The van der Waals surface area contributed by atoms with Gasteiger partial charge in [-0.25, -0.2) is 17.9 Å². The average molecular weight is 579 g/mol. The number of hydrogen-bond donors (Lipinski definition) is 1. The van der Waals surface area contributed by atoms with Gasteiger partial charge in [0.25, 0.3) is 5.56 Å². The summed E-state index contributed by atoms with van der Waals surface area (Å²) in [5.41, 5.74) is 0.844. The highest BCUT2D eigenvalue weighted by Gasteiger charge is 2.26. The number of aryl methyl sites for hydroxylation is 2. The molecule has 0 fully saturated rings. The third-order valence-corrected chi connectivity index (χ3v) is 7.57. The number of hydrogen-bond acceptors (Lipinski definition) is 7. The molecule has 0 spiro atoms. The van der Waals surface area contributed by atoms with Crippen molar-refractivity contribution in [3.05, 3.63) is 40.1 Å². The second-order valence-electron chi connectivity index (χ2n) is 8.59. The number of carbonyl (C=O) groups is 1. The summed E-state index contributed by atoms with van der Waals surface area (Å²) in [6.45, 7) is 16.1. The minimum absolute atomic E-state index is 0.0484. The second kappa shape index (κ2) is 16.1. The molecule has 1 amide bonds. The lowest BCUT2D eigenvalue weighted by atomic mass is 10.2. The molecule has 0 saturated heterocycles. The van der Waals surface area contributed by atoms with Crippen LogP contribution in [0.15, 0.2) is 27.9 Å². The molecule has 2 aromatic heterocycles. The number of H-pyrrole nitrogens is 1. The van der Waals surface area contributed by atoms with Crippen LogP contribution in [0.5, 0.6) is 5.75 Å². The maximum absolute atomic E-state index is 13.3. The van der Waals surface area contributed by atoms with Crippen LogP contribution in [0, 0.1) is 6.92 Å². The normalized spacial score (nSPS) is 11.0. The van der Waals surface area contributed by atoms with Crippen LogP contribution in [0.3, 0.4) is 0 Å². The van der Waals surface area contributed by atoms with Crippen LogP contribution in [0.4, 0.5) is 0 Å². The van der Waals surface area contributed by atoms with Crippen molar-refractivity contribution in [1.29, 1.82) is 0 Å². The van der Waals surface area contributed by atoms with Crippen molar-refractivity contribution in [3.8, 4) is 17.1 Å². The minimum atomic E-state index is -4.02. The summed E-state index contributed by atoms with van der Waals surface area (Å²) < 4.78 is 34.9. The van der Waals surface area contributed by atoms with Crippen molar-refractivity contribution in [1.82, 2.24) is 28.8 Å². The lowest BCUT2D eigenvalue weighted by Gasteiger charge is -2.22. The minimum Gasteiger partial charge on any atom is -0.493 e. The highest BCUT2D eigenvalue weighted by Crippen LogP contribution is 2.31. The van der Waals surface area contributed by atoms with E-state index < -0.39 is 10.0 Å². The van der Waals surface area contributed by atoms with Crippen molar-refractivity contribution in [2.24, 2.45) is 0 Å². The molecule has 40 heavy (non-hydrogen) atoms. The Balaban J connectivity index is 0.00000191. The molecule has 0 saturated carbocycles. The van der Waals surface area contributed by atoms with Crippen LogP contribution in [0.2, 0.25) is 0 Å². The first kappa shape index (κ1) is 34.8. The lowest BCUT2D eigenvalue weighted by Crippen LogP contribution is -2.39. The predicted octanol–water partition coefficient (Wildman–Crippen LogP) is 4.29. The Labute approximate surface area is 238 Å². The van der Waals surface area contributed by atoms with Crippen molar-refractivity contribution in [2.75, 3.05) is 33.8 Å². The molecule has 11 nitrogen and oxygen atoms in total. The maximum Gasteiger partial charge on any atom is 0.277 e. The first-order chi connectivity index (χ1) is 19.0. The van der Waals surface area contributed by atoms with Gasteiger partial charge in [-0.2, -0.15) is 4.31 Å². The largest absolute Gasteiger partial charge is 0.493 e. The van der Waals surface area contributed by atoms with Gasteiger partial charge in [-0.3, -0.25) is 9.59 Å². The van der Waals surface area contributed by atoms with Crippen molar-refractivity contribution >= 4 is 21.4 Å². The zero-order valence-electron chi connectivity index (χ0n) is 25.7. The average Bonchev–Trinajstić information content (AvgIpc) is 3.26. The van der Waals surface area contributed by atoms with Crippen LogP contribution < -0.4 is 10.3 Å². The van der Waals surface area contributed by atoms with E-state index in [1.165, 1.54) is 34.7 Å². The third kappa shape index (κ3) is 7.91. The first-order valence-corrected chi connectivity index (χ1v) is 15.4. The van der Waals surface area contributed by atoms with Gasteiger partial charge in [0.2, 0.25) is 15.9 Å². The Morgan fingerprint density at radius 1 is 1.07 bits per heavy atom. The van der Waals surface area contributed by atoms with Crippen molar-refractivity contribution < 1.29 is 17.9 Å². The number of nitrogens with zero attached hydrogens (tertiary/aromatic N) is 5. The highest BCUT2D eigenvalue weighted by molar-refractivity contribution is 7.89. The van der Waals surface area contributed by atoms with Gasteiger partial charge in [-0.15, -0.1) is 5.10 Å². The number of benzene rings is 1. The number of aromatic nitrogens is 4. The molecule has 224 valence electrons. The Bertz CT molecular complexity index is 1410. The van der Waals surface area contributed by atoms with Crippen molar-refractivity contribution in [3.63, 3.8) is 0 Å². The molecular formula is C28H46N6O5S. The van der Waals surface area contributed by atoms with Crippen LogP contribution in [0.1, 0.15) is 72.8 Å². The molecule has 2 heterocycles. The fourth-order valence-electron chi connectivity index (χ4n) is 3.91.